The molecule has 1 fully saturated rings. The first-order chi connectivity index (χ1) is 15.9. The Hall–Kier alpha value is -2.48. The third kappa shape index (κ3) is 6.10. The summed E-state index contributed by atoms with van der Waals surface area (Å²) in [5.41, 5.74) is 4.66. The number of rotatable bonds is 6. The summed E-state index contributed by atoms with van der Waals surface area (Å²) in [6.45, 7) is 10.2. The van der Waals surface area contributed by atoms with Crippen LogP contribution < -0.4 is 0 Å². The maximum absolute atomic E-state index is 11.7. The van der Waals surface area contributed by atoms with Crippen LogP contribution in [0, 0.1) is 5.92 Å². The van der Waals surface area contributed by atoms with Crippen LogP contribution in [0.25, 0.3) is 0 Å². The molecule has 0 saturated carbocycles. The summed E-state index contributed by atoms with van der Waals surface area (Å²) >= 11 is 0. The number of β-amino-alcohol motifs (C(OH)–C–C–N with tert-alkyl or cyclic N) is 1. The Labute approximate surface area is 195 Å². The van der Waals surface area contributed by atoms with E-state index in [9.17, 15) is 14.7 Å². The highest BCUT2D eigenvalue weighted by Crippen LogP contribution is 2.26. The van der Waals surface area contributed by atoms with Gasteiger partial charge in [-0.1, -0.05) is 17.2 Å². The van der Waals surface area contributed by atoms with Gasteiger partial charge < -0.3 is 19.5 Å². The number of aliphatic hydroxyl groups is 1. The number of allylic oxidation sites excluding steroid dienone is 2. The Kier molecular flexibility index (Phi) is 7.63. The Morgan fingerprint density at radius 2 is 1.85 bits per heavy atom. The van der Waals surface area contributed by atoms with Crippen molar-refractivity contribution in [2.75, 3.05) is 45.9 Å². The summed E-state index contributed by atoms with van der Waals surface area (Å²) < 4.78 is 10.3. The standard InChI is InChI=1S/C26H34N2O5/c1-18-13-20(19(2)6-12-32-25(30)14-18)5-7-27-8-10-28(11-9-27)16-24(29)21-3-4-23-22(15-21)17-33-26(23)31/h3-4,6,14-15,20,24,29H,5,7-13,16-17H2,1-2H3/b18-14+,19-6+. The van der Waals surface area contributed by atoms with Crippen LogP contribution in [-0.2, 0) is 20.9 Å². The molecule has 7 heteroatoms. The fourth-order valence-corrected chi connectivity index (χ4v) is 4.85. The summed E-state index contributed by atoms with van der Waals surface area (Å²) in [4.78, 5) is 28.1. The number of hydrogen-bond acceptors (Lipinski definition) is 7. The number of fused-ring (bicyclic) bond motifs is 1. The molecule has 3 aliphatic heterocycles. The second-order valence-corrected chi connectivity index (χ2v) is 9.41. The quantitative estimate of drug-likeness (QED) is 0.523. The van der Waals surface area contributed by atoms with Gasteiger partial charge in [0.15, 0.2) is 0 Å². The molecule has 0 aliphatic carbocycles. The summed E-state index contributed by atoms with van der Waals surface area (Å²) in [6, 6.07) is 5.48. The van der Waals surface area contributed by atoms with Crippen LogP contribution >= 0.6 is 0 Å². The molecule has 0 aromatic heterocycles. The van der Waals surface area contributed by atoms with Crippen molar-refractivity contribution in [3.8, 4) is 0 Å². The van der Waals surface area contributed by atoms with Crippen molar-refractivity contribution in [2.45, 2.75) is 39.4 Å². The van der Waals surface area contributed by atoms with E-state index in [1.54, 1.807) is 12.1 Å². The lowest BCUT2D eigenvalue weighted by molar-refractivity contribution is -0.136. The fraction of sp³-hybridized carbons (Fsp3) is 0.538. The average Bonchev–Trinajstić information content (AvgIpc) is 3.18. The van der Waals surface area contributed by atoms with E-state index in [0.717, 1.165) is 62.3 Å². The van der Waals surface area contributed by atoms with Crippen LogP contribution in [0.4, 0.5) is 0 Å². The van der Waals surface area contributed by atoms with Gasteiger partial charge in [-0.05, 0) is 62.9 Å². The zero-order valence-electron chi connectivity index (χ0n) is 19.6. The molecular formula is C26H34N2O5. The van der Waals surface area contributed by atoms with Gasteiger partial charge in [-0.3, -0.25) is 4.90 Å². The molecule has 3 heterocycles. The minimum Gasteiger partial charge on any atom is -0.458 e. The second kappa shape index (κ2) is 10.6. The third-order valence-electron chi connectivity index (χ3n) is 6.99. The highest BCUT2D eigenvalue weighted by molar-refractivity contribution is 5.93. The van der Waals surface area contributed by atoms with Crippen molar-refractivity contribution in [1.29, 1.82) is 0 Å². The van der Waals surface area contributed by atoms with Gasteiger partial charge in [0.25, 0.3) is 0 Å². The molecule has 3 aliphatic rings. The SMILES string of the molecule is C/C1=C\C(=O)OC/C=C(\C)C(CCN2CCN(CC(O)c3ccc4c(c3)COC4=O)CC2)C1. The van der Waals surface area contributed by atoms with Gasteiger partial charge >= 0.3 is 11.9 Å². The molecule has 33 heavy (non-hydrogen) atoms. The molecule has 1 N–H and O–H groups in total. The van der Waals surface area contributed by atoms with Crippen LogP contribution in [0.2, 0.25) is 0 Å². The number of cyclic esters (lactones) is 2. The number of hydrogen-bond donors (Lipinski definition) is 1. The smallest absolute Gasteiger partial charge is 0.338 e. The van der Waals surface area contributed by atoms with Gasteiger partial charge in [0, 0.05) is 44.4 Å². The second-order valence-electron chi connectivity index (χ2n) is 9.41. The number of carbonyl (C=O) groups excluding carboxylic acids is 2. The first-order valence-corrected chi connectivity index (χ1v) is 11.8. The zero-order chi connectivity index (χ0) is 23.4. The lowest BCUT2D eigenvalue weighted by Crippen LogP contribution is -2.47. The lowest BCUT2D eigenvalue weighted by Gasteiger charge is -2.36. The van der Waals surface area contributed by atoms with Crippen LogP contribution in [0.5, 0.6) is 0 Å². The molecular weight excluding hydrogens is 420 g/mol. The molecule has 1 aromatic carbocycles. The number of aliphatic hydroxyl groups excluding tert-OH is 1. The van der Waals surface area contributed by atoms with Crippen LogP contribution in [0.3, 0.4) is 0 Å². The van der Waals surface area contributed by atoms with E-state index in [4.69, 9.17) is 9.47 Å². The van der Waals surface area contributed by atoms with Gasteiger partial charge in [-0.15, -0.1) is 0 Å². The van der Waals surface area contributed by atoms with Gasteiger partial charge in [0.1, 0.15) is 13.2 Å². The number of benzene rings is 1. The summed E-state index contributed by atoms with van der Waals surface area (Å²) in [5, 5.41) is 10.7. The number of nitrogens with zero attached hydrogens (tertiary/aromatic N) is 2. The number of piperazine rings is 1. The summed E-state index contributed by atoms with van der Waals surface area (Å²) in [5.74, 6) is -0.112. The fourth-order valence-electron chi connectivity index (χ4n) is 4.85. The van der Waals surface area contributed by atoms with E-state index in [1.165, 1.54) is 5.57 Å². The molecule has 0 amide bonds. The minimum atomic E-state index is -0.580. The highest BCUT2D eigenvalue weighted by Gasteiger charge is 2.25. The Morgan fingerprint density at radius 1 is 1.09 bits per heavy atom. The number of carbonyl (C=O) groups is 2. The van der Waals surface area contributed by atoms with Crippen LogP contribution in [0.15, 0.2) is 41.5 Å². The van der Waals surface area contributed by atoms with Gasteiger partial charge in [-0.2, -0.15) is 0 Å². The molecule has 7 nitrogen and oxygen atoms in total. The van der Waals surface area contributed by atoms with Crippen molar-refractivity contribution in [3.63, 3.8) is 0 Å². The zero-order valence-corrected chi connectivity index (χ0v) is 19.6. The van der Waals surface area contributed by atoms with Crippen molar-refractivity contribution < 1.29 is 24.2 Å². The molecule has 1 aromatic rings. The topological polar surface area (TPSA) is 79.3 Å². The number of esters is 2. The Bertz CT molecular complexity index is 946. The van der Waals surface area contributed by atoms with Gasteiger partial charge in [0.2, 0.25) is 0 Å². The molecule has 4 rings (SSSR count). The molecule has 2 unspecified atom stereocenters. The summed E-state index contributed by atoms with van der Waals surface area (Å²) in [6.07, 6.45) is 5.02. The number of ether oxygens (including phenoxy) is 2. The molecule has 2 atom stereocenters. The molecule has 0 bridgehead atoms. The maximum Gasteiger partial charge on any atom is 0.338 e. The molecule has 0 radical (unpaired) electrons. The predicted octanol–water partition coefficient (Wildman–Crippen LogP) is 2.85. The maximum atomic E-state index is 11.7. The van der Waals surface area contributed by atoms with Crippen LogP contribution in [0.1, 0.15) is 54.3 Å². The van der Waals surface area contributed by atoms with Crippen LogP contribution in [-0.4, -0.2) is 72.7 Å². The lowest BCUT2D eigenvalue weighted by atomic mass is 9.89. The van der Waals surface area contributed by atoms with E-state index in [2.05, 4.69) is 16.7 Å². The first kappa shape index (κ1) is 23.7. The Balaban J connectivity index is 1.24. The van der Waals surface area contributed by atoms with Crippen molar-refractivity contribution in [3.05, 3.63) is 58.2 Å². The third-order valence-corrected chi connectivity index (χ3v) is 6.99. The largest absolute Gasteiger partial charge is 0.458 e. The monoisotopic (exact) mass is 454 g/mol. The first-order valence-electron chi connectivity index (χ1n) is 11.8. The molecule has 178 valence electrons. The van der Waals surface area contributed by atoms with Gasteiger partial charge in [0.05, 0.1) is 11.7 Å². The summed E-state index contributed by atoms with van der Waals surface area (Å²) in [7, 11) is 0. The van der Waals surface area contributed by atoms with E-state index < -0.39 is 6.10 Å². The predicted molar refractivity (Wildman–Crippen MR) is 125 cm³/mol. The van der Waals surface area contributed by atoms with E-state index in [-0.39, 0.29) is 11.9 Å². The van der Waals surface area contributed by atoms with Crippen molar-refractivity contribution >= 4 is 11.9 Å². The van der Waals surface area contributed by atoms with Gasteiger partial charge in [-0.25, -0.2) is 9.59 Å². The Morgan fingerprint density at radius 3 is 2.64 bits per heavy atom. The highest BCUT2D eigenvalue weighted by atomic mass is 16.5. The average molecular weight is 455 g/mol. The molecule has 1 saturated heterocycles. The van der Waals surface area contributed by atoms with Crippen molar-refractivity contribution in [2.24, 2.45) is 5.92 Å². The van der Waals surface area contributed by atoms with Crippen molar-refractivity contribution in [1.82, 2.24) is 9.80 Å². The molecule has 0 spiro atoms. The van der Waals surface area contributed by atoms with E-state index in [0.29, 0.717) is 31.2 Å². The van der Waals surface area contributed by atoms with E-state index in [1.807, 2.05) is 25.1 Å². The normalized spacial score (nSPS) is 26.6. The van der Waals surface area contributed by atoms with E-state index >= 15 is 0 Å². The minimum absolute atomic E-state index is 0.253.